The lowest BCUT2D eigenvalue weighted by Gasteiger charge is -2.13. The van der Waals surface area contributed by atoms with Crippen LogP contribution in [0.4, 0.5) is 10.2 Å². The van der Waals surface area contributed by atoms with Gasteiger partial charge in [-0.2, -0.15) is 5.10 Å². The fraction of sp³-hybridized carbons (Fsp3) is 0.200. The summed E-state index contributed by atoms with van der Waals surface area (Å²) in [5, 5.41) is 9.52. The molecule has 0 aliphatic rings. The topological polar surface area (TPSA) is 53.6 Å². The van der Waals surface area contributed by atoms with Crippen LogP contribution in [-0.4, -0.2) is 15.2 Å². The minimum absolute atomic E-state index is 0.0538. The molecule has 2 N–H and O–H groups in total. The van der Waals surface area contributed by atoms with Crippen LogP contribution >= 0.6 is 15.9 Å². The van der Waals surface area contributed by atoms with Crippen molar-refractivity contribution in [3.8, 4) is 0 Å². The molecule has 0 amide bonds. The third kappa shape index (κ3) is 2.38. The van der Waals surface area contributed by atoms with Gasteiger partial charge < -0.3 is 5.32 Å². The van der Waals surface area contributed by atoms with E-state index < -0.39 is 0 Å². The summed E-state index contributed by atoms with van der Waals surface area (Å²) >= 11 is 3.16. The first-order chi connectivity index (χ1) is 7.66. The molecular formula is C10H10BrFN4. The third-order valence-electron chi connectivity index (χ3n) is 2.18. The van der Waals surface area contributed by atoms with E-state index in [0.717, 1.165) is 5.56 Å². The second-order valence-electron chi connectivity index (χ2n) is 3.38. The van der Waals surface area contributed by atoms with Crippen LogP contribution in [0.5, 0.6) is 0 Å². The molecule has 0 radical (unpaired) electrons. The van der Waals surface area contributed by atoms with Crippen LogP contribution in [0.25, 0.3) is 0 Å². The molecular weight excluding hydrogens is 275 g/mol. The van der Waals surface area contributed by atoms with Crippen molar-refractivity contribution in [1.29, 1.82) is 0 Å². The Bertz CT molecular complexity index is 472. The molecule has 0 aliphatic carbocycles. The average Bonchev–Trinajstić information content (AvgIpc) is 2.75. The van der Waals surface area contributed by atoms with Crippen LogP contribution in [0.3, 0.4) is 0 Å². The molecule has 2 aromatic heterocycles. The highest BCUT2D eigenvalue weighted by atomic mass is 79.9. The van der Waals surface area contributed by atoms with Crippen molar-refractivity contribution in [3.05, 3.63) is 40.5 Å². The fourth-order valence-corrected chi connectivity index (χ4v) is 1.61. The first kappa shape index (κ1) is 11.1. The van der Waals surface area contributed by atoms with Gasteiger partial charge in [-0.05, 0) is 28.9 Å². The Balaban J connectivity index is 2.15. The largest absolute Gasteiger partial charge is 0.361 e. The highest BCUT2D eigenvalue weighted by Crippen LogP contribution is 2.21. The van der Waals surface area contributed by atoms with Crippen LogP contribution in [0, 0.1) is 5.82 Å². The smallest absolute Gasteiger partial charge is 0.166 e. The molecule has 2 heterocycles. The van der Waals surface area contributed by atoms with Gasteiger partial charge >= 0.3 is 0 Å². The molecule has 1 unspecified atom stereocenters. The lowest BCUT2D eigenvalue weighted by Crippen LogP contribution is -2.08. The van der Waals surface area contributed by atoms with Crippen molar-refractivity contribution in [1.82, 2.24) is 15.2 Å². The van der Waals surface area contributed by atoms with E-state index in [-0.39, 0.29) is 17.7 Å². The highest BCUT2D eigenvalue weighted by Gasteiger charge is 2.10. The van der Waals surface area contributed by atoms with Crippen LogP contribution < -0.4 is 5.32 Å². The van der Waals surface area contributed by atoms with Gasteiger partial charge in [-0.25, -0.2) is 9.37 Å². The summed E-state index contributed by atoms with van der Waals surface area (Å²) in [5.74, 6) is -0.151. The van der Waals surface area contributed by atoms with Gasteiger partial charge in [0.05, 0.1) is 12.2 Å². The number of aromatic nitrogens is 3. The van der Waals surface area contributed by atoms with E-state index in [4.69, 9.17) is 0 Å². The Hall–Kier alpha value is -1.43. The zero-order chi connectivity index (χ0) is 11.5. The van der Waals surface area contributed by atoms with Crippen molar-refractivity contribution < 1.29 is 4.39 Å². The Morgan fingerprint density at radius 2 is 2.31 bits per heavy atom. The van der Waals surface area contributed by atoms with E-state index in [2.05, 4.69) is 36.4 Å². The summed E-state index contributed by atoms with van der Waals surface area (Å²) in [4.78, 5) is 3.96. The van der Waals surface area contributed by atoms with Crippen LogP contribution in [-0.2, 0) is 0 Å². The summed E-state index contributed by atoms with van der Waals surface area (Å²) in [5.41, 5.74) is 0.948. The zero-order valence-corrected chi connectivity index (χ0v) is 10.1. The van der Waals surface area contributed by atoms with Gasteiger partial charge in [-0.1, -0.05) is 0 Å². The molecule has 0 aliphatic heterocycles. The number of anilines is 1. The maximum Gasteiger partial charge on any atom is 0.166 e. The number of pyridine rings is 1. The molecule has 0 spiro atoms. The lowest BCUT2D eigenvalue weighted by molar-refractivity contribution is 0.620. The van der Waals surface area contributed by atoms with Crippen LogP contribution in [0.15, 0.2) is 29.1 Å². The highest BCUT2D eigenvalue weighted by molar-refractivity contribution is 9.10. The molecule has 84 valence electrons. The predicted molar refractivity (Wildman–Crippen MR) is 62.5 cm³/mol. The Morgan fingerprint density at radius 3 is 2.94 bits per heavy atom. The standard InChI is InChI=1S/C10H10BrFN4/c1-6(7-3-14-15-4-7)16-10-9(12)2-8(11)5-13-10/h2-6H,1H3,(H,13,16)(H,14,15). The zero-order valence-electron chi connectivity index (χ0n) is 8.54. The first-order valence-electron chi connectivity index (χ1n) is 4.73. The van der Waals surface area contributed by atoms with Crippen molar-refractivity contribution >= 4 is 21.7 Å². The van der Waals surface area contributed by atoms with Gasteiger partial charge in [0.2, 0.25) is 0 Å². The summed E-state index contributed by atoms with van der Waals surface area (Å²) in [6.45, 7) is 1.91. The first-order valence-corrected chi connectivity index (χ1v) is 5.52. The van der Waals surface area contributed by atoms with Crippen LogP contribution in [0.1, 0.15) is 18.5 Å². The van der Waals surface area contributed by atoms with Crippen molar-refractivity contribution in [2.45, 2.75) is 13.0 Å². The molecule has 6 heteroatoms. The second kappa shape index (κ2) is 4.61. The van der Waals surface area contributed by atoms with E-state index in [1.807, 2.05) is 6.92 Å². The van der Waals surface area contributed by atoms with Crippen LogP contribution in [0.2, 0.25) is 0 Å². The monoisotopic (exact) mass is 284 g/mol. The number of nitrogens with zero attached hydrogens (tertiary/aromatic N) is 2. The Morgan fingerprint density at radius 1 is 1.50 bits per heavy atom. The Kier molecular flexibility index (Phi) is 3.19. The summed E-state index contributed by atoms with van der Waals surface area (Å²) in [7, 11) is 0. The number of halogens is 2. The third-order valence-corrected chi connectivity index (χ3v) is 2.61. The number of hydrogen-bond acceptors (Lipinski definition) is 3. The summed E-state index contributed by atoms with van der Waals surface area (Å²) in [6.07, 6.45) is 5.00. The number of H-pyrrole nitrogens is 1. The second-order valence-corrected chi connectivity index (χ2v) is 4.30. The minimum atomic E-state index is -0.385. The van der Waals surface area contributed by atoms with Crippen molar-refractivity contribution in [2.75, 3.05) is 5.32 Å². The molecule has 2 rings (SSSR count). The molecule has 2 aromatic rings. The van der Waals surface area contributed by atoms with Gasteiger partial charge in [0.25, 0.3) is 0 Å². The number of aromatic amines is 1. The maximum atomic E-state index is 13.5. The molecule has 0 fully saturated rings. The van der Waals surface area contributed by atoms with E-state index in [1.165, 1.54) is 6.07 Å². The van der Waals surface area contributed by atoms with Crippen molar-refractivity contribution in [3.63, 3.8) is 0 Å². The molecule has 4 nitrogen and oxygen atoms in total. The average molecular weight is 285 g/mol. The van der Waals surface area contributed by atoms with Gasteiger partial charge in [-0.3, -0.25) is 5.10 Å². The van der Waals surface area contributed by atoms with Gasteiger partial charge in [0.1, 0.15) is 0 Å². The summed E-state index contributed by atoms with van der Waals surface area (Å²) in [6, 6.07) is 1.32. The molecule has 16 heavy (non-hydrogen) atoms. The molecule has 1 atom stereocenters. The minimum Gasteiger partial charge on any atom is -0.361 e. The SMILES string of the molecule is CC(Nc1ncc(Br)cc1F)c1cn[nH]c1. The van der Waals surface area contributed by atoms with Crippen molar-refractivity contribution in [2.24, 2.45) is 0 Å². The van der Waals surface area contributed by atoms with Gasteiger partial charge in [0.15, 0.2) is 11.6 Å². The predicted octanol–water partition coefficient (Wildman–Crippen LogP) is 2.88. The lowest BCUT2D eigenvalue weighted by atomic mass is 10.2. The van der Waals surface area contributed by atoms with E-state index >= 15 is 0 Å². The number of nitrogens with one attached hydrogen (secondary N) is 2. The number of hydrogen-bond donors (Lipinski definition) is 2. The van der Waals surface area contributed by atoms with E-state index in [0.29, 0.717) is 4.47 Å². The van der Waals surface area contributed by atoms with Gasteiger partial charge in [0, 0.05) is 22.4 Å². The fourth-order valence-electron chi connectivity index (χ4n) is 1.31. The quantitative estimate of drug-likeness (QED) is 0.911. The Labute approximate surface area is 100 Å². The molecule has 0 saturated carbocycles. The maximum absolute atomic E-state index is 13.5. The van der Waals surface area contributed by atoms with Gasteiger partial charge in [-0.15, -0.1) is 0 Å². The normalized spacial score (nSPS) is 12.4. The molecule has 0 aromatic carbocycles. The van der Waals surface area contributed by atoms with E-state index in [9.17, 15) is 4.39 Å². The summed E-state index contributed by atoms with van der Waals surface area (Å²) < 4.78 is 14.1. The molecule has 0 saturated heterocycles. The number of rotatable bonds is 3. The van der Waals surface area contributed by atoms with E-state index in [1.54, 1.807) is 18.6 Å². The molecule has 0 bridgehead atoms.